The van der Waals surface area contributed by atoms with Crippen molar-refractivity contribution in [3.8, 4) is 0 Å². The molecule has 1 aliphatic rings. The molecular weight excluding hydrogens is 368 g/mol. The van der Waals surface area contributed by atoms with Crippen LogP contribution in [0.1, 0.15) is 45.5 Å². The van der Waals surface area contributed by atoms with Crippen molar-refractivity contribution in [1.82, 2.24) is 4.98 Å². The van der Waals surface area contributed by atoms with Crippen LogP contribution in [-0.4, -0.2) is 30.1 Å². The lowest BCUT2D eigenvalue weighted by Gasteiger charge is -2.24. The average molecular weight is 395 g/mol. The molecule has 4 nitrogen and oxygen atoms in total. The van der Waals surface area contributed by atoms with Crippen LogP contribution in [-0.2, 0) is 4.74 Å². The number of amides is 1. The first-order chi connectivity index (χ1) is 13.4. The van der Waals surface area contributed by atoms with E-state index in [4.69, 9.17) is 9.72 Å². The van der Waals surface area contributed by atoms with Gasteiger partial charge in [-0.15, -0.1) is 0 Å². The number of thiazole rings is 1. The molecular formula is C23H26N2O2S. The molecule has 1 unspecified atom stereocenters. The van der Waals surface area contributed by atoms with Crippen LogP contribution in [0.15, 0.2) is 30.3 Å². The normalized spacial score (nSPS) is 16.6. The zero-order chi connectivity index (χ0) is 19.8. The maximum absolute atomic E-state index is 13.5. The standard InChI is InChI=1S/C23H26N2O2S/c1-14-7-8-19(17(4)10-14)22(26)25(13-18-6-5-9-27-18)23-24-20-11-15(2)16(3)12-21(20)28-23/h7-8,10-12,18H,5-6,9,13H2,1-4H3. The molecule has 28 heavy (non-hydrogen) atoms. The van der Waals surface area contributed by atoms with Gasteiger partial charge in [0, 0.05) is 12.2 Å². The summed E-state index contributed by atoms with van der Waals surface area (Å²) in [7, 11) is 0. The molecule has 5 heteroatoms. The van der Waals surface area contributed by atoms with Gasteiger partial charge in [0.1, 0.15) is 0 Å². The molecule has 0 aliphatic carbocycles. The highest BCUT2D eigenvalue weighted by Crippen LogP contribution is 2.32. The van der Waals surface area contributed by atoms with Crippen molar-refractivity contribution in [3.63, 3.8) is 0 Å². The van der Waals surface area contributed by atoms with E-state index >= 15 is 0 Å². The zero-order valence-electron chi connectivity index (χ0n) is 16.9. The third kappa shape index (κ3) is 3.69. The van der Waals surface area contributed by atoms with Crippen molar-refractivity contribution in [2.45, 2.75) is 46.6 Å². The van der Waals surface area contributed by atoms with E-state index in [1.165, 1.54) is 11.1 Å². The fraction of sp³-hybridized carbons (Fsp3) is 0.391. The van der Waals surface area contributed by atoms with Gasteiger partial charge in [0.25, 0.3) is 5.91 Å². The molecule has 1 fully saturated rings. The summed E-state index contributed by atoms with van der Waals surface area (Å²) < 4.78 is 6.95. The van der Waals surface area contributed by atoms with Gasteiger partial charge in [-0.1, -0.05) is 29.0 Å². The summed E-state index contributed by atoms with van der Waals surface area (Å²) in [4.78, 5) is 20.2. The second-order valence-corrected chi connectivity index (χ2v) is 8.78. The minimum Gasteiger partial charge on any atom is -0.376 e. The number of aryl methyl sites for hydroxylation is 4. The summed E-state index contributed by atoms with van der Waals surface area (Å²) in [6.07, 6.45) is 2.11. The van der Waals surface area contributed by atoms with E-state index in [2.05, 4.69) is 32.0 Å². The van der Waals surface area contributed by atoms with Crippen molar-refractivity contribution in [1.29, 1.82) is 0 Å². The van der Waals surface area contributed by atoms with E-state index in [-0.39, 0.29) is 12.0 Å². The van der Waals surface area contributed by atoms with Crippen molar-refractivity contribution >= 4 is 32.6 Å². The smallest absolute Gasteiger partial charge is 0.260 e. The van der Waals surface area contributed by atoms with Crippen LogP contribution in [0.3, 0.4) is 0 Å². The Balaban J connectivity index is 1.75. The molecule has 0 radical (unpaired) electrons. The lowest BCUT2D eigenvalue weighted by molar-refractivity contribution is 0.0917. The van der Waals surface area contributed by atoms with Crippen LogP contribution >= 0.6 is 11.3 Å². The molecule has 146 valence electrons. The summed E-state index contributed by atoms with van der Waals surface area (Å²) in [5, 5.41) is 0.750. The monoisotopic (exact) mass is 394 g/mol. The SMILES string of the molecule is Cc1ccc(C(=O)N(CC2CCCO2)c2nc3cc(C)c(C)cc3s2)c(C)c1. The number of carbonyl (C=O) groups excluding carboxylic acids is 1. The van der Waals surface area contributed by atoms with Crippen LogP contribution < -0.4 is 4.90 Å². The lowest BCUT2D eigenvalue weighted by atomic mass is 10.0. The Kier molecular flexibility index (Phi) is 5.21. The summed E-state index contributed by atoms with van der Waals surface area (Å²) in [6, 6.07) is 10.3. The second-order valence-electron chi connectivity index (χ2n) is 7.77. The fourth-order valence-electron chi connectivity index (χ4n) is 3.72. The van der Waals surface area contributed by atoms with Gasteiger partial charge >= 0.3 is 0 Å². The number of carbonyl (C=O) groups is 1. The van der Waals surface area contributed by atoms with Crippen LogP contribution in [0.25, 0.3) is 10.2 Å². The maximum atomic E-state index is 13.5. The summed E-state index contributed by atoms with van der Waals surface area (Å²) in [5.41, 5.74) is 6.30. The van der Waals surface area contributed by atoms with E-state index in [1.807, 2.05) is 30.9 Å². The lowest BCUT2D eigenvalue weighted by Crippen LogP contribution is -2.37. The highest BCUT2D eigenvalue weighted by Gasteiger charge is 2.27. The molecule has 3 aromatic rings. The number of benzene rings is 2. The van der Waals surface area contributed by atoms with Crippen LogP contribution in [0, 0.1) is 27.7 Å². The zero-order valence-corrected chi connectivity index (χ0v) is 17.7. The Bertz CT molecular complexity index is 996. The van der Waals surface area contributed by atoms with E-state index in [1.54, 1.807) is 11.3 Å². The average Bonchev–Trinajstić information content (AvgIpc) is 3.29. The molecule has 0 spiro atoms. The minimum absolute atomic E-state index is 0.000463. The molecule has 4 rings (SSSR count). The van der Waals surface area contributed by atoms with Crippen LogP contribution in [0.4, 0.5) is 5.13 Å². The first kappa shape index (κ1) is 19.1. The Morgan fingerprint density at radius 3 is 2.64 bits per heavy atom. The summed E-state index contributed by atoms with van der Waals surface area (Å²) >= 11 is 1.58. The summed E-state index contributed by atoms with van der Waals surface area (Å²) in [6.45, 7) is 9.56. The van der Waals surface area contributed by atoms with Gasteiger partial charge in [-0.2, -0.15) is 0 Å². The highest BCUT2D eigenvalue weighted by atomic mass is 32.1. The third-order valence-electron chi connectivity index (χ3n) is 5.49. The first-order valence-corrected chi connectivity index (χ1v) is 10.6. The summed E-state index contributed by atoms with van der Waals surface area (Å²) in [5.74, 6) is 0.000463. The van der Waals surface area contributed by atoms with Gasteiger partial charge in [-0.3, -0.25) is 9.69 Å². The van der Waals surface area contributed by atoms with Crippen molar-refractivity contribution in [2.75, 3.05) is 18.1 Å². The van der Waals surface area contributed by atoms with E-state index in [0.717, 1.165) is 51.5 Å². The number of hydrogen-bond acceptors (Lipinski definition) is 4. The minimum atomic E-state index is 0.000463. The Morgan fingerprint density at radius 1 is 1.14 bits per heavy atom. The van der Waals surface area contributed by atoms with Crippen molar-refractivity contribution in [3.05, 3.63) is 58.1 Å². The van der Waals surface area contributed by atoms with Gasteiger partial charge in [0.05, 0.1) is 22.9 Å². The molecule has 1 atom stereocenters. The third-order valence-corrected chi connectivity index (χ3v) is 6.53. The van der Waals surface area contributed by atoms with E-state index in [0.29, 0.717) is 6.54 Å². The molecule has 0 N–H and O–H groups in total. The molecule has 2 heterocycles. The maximum Gasteiger partial charge on any atom is 0.260 e. The molecule has 1 aliphatic heterocycles. The Hall–Kier alpha value is -2.24. The largest absolute Gasteiger partial charge is 0.376 e. The molecule has 0 bridgehead atoms. The molecule has 1 amide bonds. The molecule has 1 saturated heterocycles. The quantitative estimate of drug-likeness (QED) is 0.598. The van der Waals surface area contributed by atoms with Gasteiger partial charge in [0.2, 0.25) is 0 Å². The second kappa shape index (κ2) is 7.64. The number of hydrogen-bond donors (Lipinski definition) is 0. The number of anilines is 1. The number of fused-ring (bicyclic) bond motifs is 1. The number of ether oxygens (including phenoxy) is 1. The van der Waals surface area contributed by atoms with E-state index in [9.17, 15) is 4.79 Å². The number of nitrogens with zero attached hydrogens (tertiary/aromatic N) is 2. The van der Waals surface area contributed by atoms with Crippen molar-refractivity contribution in [2.24, 2.45) is 0 Å². The predicted octanol–water partition coefficient (Wildman–Crippen LogP) is 5.36. The van der Waals surface area contributed by atoms with Gasteiger partial charge in [-0.25, -0.2) is 4.98 Å². The van der Waals surface area contributed by atoms with Gasteiger partial charge < -0.3 is 4.74 Å². The van der Waals surface area contributed by atoms with Gasteiger partial charge in [-0.05, 0) is 75.4 Å². The van der Waals surface area contributed by atoms with Crippen LogP contribution in [0.2, 0.25) is 0 Å². The highest BCUT2D eigenvalue weighted by molar-refractivity contribution is 7.22. The van der Waals surface area contributed by atoms with Crippen LogP contribution in [0.5, 0.6) is 0 Å². The Labute approximate surface area is 170 Å². The van der Waals surface area contributed by atoms with Gasteiger partial charge in [0.15, 0.2) is 5.13 Å². The molecule has 0 saturated carbocycles. The topological polar surface area (TPSA) is 42.4 Å². The number of aromatic nitrogens is 1. The molecule has 1 aromatic heterocycles. The van der Waals surface area contributed by atoms with E-state index < -0.39 is 0 Å². The number of rotatable bonds is 4. The Morgan fingerprint density at radius 2 is 1.93 bits per heavy atom. The van der Waals surface area contributed by atoms with Crippen molar-refractivity contribution < 1.29 is 9.53 Å². The fourth-order valence-corrected chi connectivity index (χ4v) is 4.78. The first-order valence-electron chi connectivity index (χ1n) is 9.81. The predicted molar refractivity (Wildman–Crippen MR) is 116 cm³/mol. The molecule has 2 aromatic carbocycles.